The summed E-state index contributed by atoms with van der Waals surface area (Å²) in [6, 6.07) is 8.18. The van der Waals surface area contributed by atoms with Gasteiger partial charge >= 0.3 is 0 Å². The Bertz CT molecular complexity index is 543. The van der Waals surface area contributed by atoms with Gasteiger partial charge in [-0.3, -0.25) is 4.90 Å². The topological polar surface area (TPSA) is 58.3 Å². The Morgan fingerprint density at radius 2 is 1.89 bits per heavy atom. The highest BCUT2D eigenvalue weighted by Gasteiger charge is 2.18. The molecule has 1 saturated heterocycles. The van der Waals surface area contributed by atoms with Gasteiger partial charge in [0.05, 0.1) is 17.4 Å². The minimum atomic E-state index is 0.736. The maximum atomic E-state index is 5.61. The second kappa shape index (κ2) is 5.50. The third-order valence-electron chi connectivity index (χ3n) is 3.68. The van der Waals surface area contributed by atoms with Gasteiger partial charge in [0.15, 0.2) is 0 Å². The van der Waals surface area contributed by atoms with Crippen LogP contribution in [0.25, 0.3) is 10.9 Å². The van der Waals surface area contributed by atoms with Crippen molar-refractivity contribution in [3.63, 3.8) is 0 Å². The van der Waals surface area contributed by atoms with Crippen LogP contribution in [0.1, 0.15) is 0 Å². The molecule has 2 aromatic rings. The number of hydrogen-bond donors (Lipinski definition) is 1. The van der Waals surface area contributed by atoms with Crippen LogP contribution in [0.15, 0.2) is 30.5 Å². The lowest BCUT2D eigenvalue weighted by Gasteiger charge is -2.36. The Labute approximate surface area is 113 Å². The molecule has 0 amide bonds. The lowest BCUT2D eigenvalue weighted by Crippen LogP contribution is -2.47. The first kappa shape index (κ1) is 12.3. The van der Waals surface area contributed by atoms with Crippen LogP contribution in [0.4, 0.5) is 5.69 Å². The molecule has 1 aromatic carbocycles. The van der Waals surface area contributed by atoms with Gasteiger partial charge in [0.25, 0.3) is 0 Å². The molecule has 19 heavy (non-hydrogen) atoms. The molecule has 5 nitrogen and oxygen atoms in total. The number of piperazine rings is 1. The first-order valence-corrected chi connectivity index (χ1v) is 6.76. The van der Waals surface area contributed by atoms with Crippen molar-refractivity contribution in [3.8, 4) is 0 Å². The molecule has 0 atom stereocenters. The van der Waals surface area contributed by atoms with E-state index in [-0.39, 0.29) is 0 Å². The molecule has 0 bridgehead atoms. The normalized spacial score (nSPS) is 17.0. The number of benzene rings is 1. The molecule has 0 spiro atoms. The first-order chi connectivity index (χ1) is 9.38. The molecule has 5 heteroatoms. The third kappa shape index (κ3) is 2.52. The van der Waals surface area contributed by atoms with Crippen molar-refractivity contribution in [1.82, 2.24) is 15.1 Å². The van der Waals surface area contributed by atoms with Crippen LogP contribution in [-0.4, -0.2) is 54.4 Å². The molecule has 100 valence electrons. The zero-order valence-corrected chi connectivity index (χ0v) is 11.0. The third-order valence-corrected chi connectivity index (χ3v) is 3.68. The van der Waals surface area contributed by atoms with E-state index < -0.39 is 0 Å². The molecule has 1 aliphatic rings. The Hall–Kier alpha value is -1.72. The molecule has 0 aliphatic carbocycles. The van der Waals surface area contributed by atoms with E-state index in [1.54, 1.807) is 0 Å². The largest absolute Gasteiger partial charge is 0.367 e. The van der Waals surface area contributed by atoms with Crippen LogP contribution in [0.2, 0.25) is 0 Å². The average Bonchev–Trinajstić information content (AvgIpc) is 2.48. The van der Waals surface area contributed by atoms with E-state index >= 15 is 0 Å². The molecule has 1 aliphatic heterocycles. The second-order valence-corrected chi connectivity index (χ2v) is 4.86. The van der Waals surface area contributed by atoms with Gasteiger partial charge in [-0.25, -0.2) is 0 Å². The summed E-state index contributed by atoms with van der Waals surface area (Å²) in [6.07, 6.45) is 1.88. The standard InChI is InChI=1S/C14H19N5/c15-5-6-18-7-9-19(10-8-18)14-11-16-17-13-4-2-1-3-12(13)14/h1-4,11H,5-10,15H2. The van der Waals surface area contributed by atoms with E-state index in [9.17, 15) is 0 Å². The Morgan fingerprint density at radius 3 is 2.68 bits per heavy atom. The average molecular weight is 257 g/mol. The Balaban J connectivity index is 1.82. The van der Waals surface area contributed by atoms with Crippen molar-refractivity contribution in [1.29, 1.82) is 0 Å². The van der Waals surface area contributed by atoms with Crippen LogP contribution >= 0.6 is 0 Å². The highest BCUT2D eigenvalue weighted by atomic mass is 15.3. The van der Waals surface area contributed by atoms with E-state index in [2.05, 4.69) is 32.1 Å². The van der Waals surface area contributed by atoms with Crippen molar-refractivity contribution in [3.05, 3.63) is 30.5 Å². The molecule has 0 radical (unpaired) electrons. The van der Waals surface area contributed by atoms with Crippen LogP contribution in [0, 0.1) is 0 Å². The van der Waals surface area contributed by atoms with Gasteiger partial charge in [0, 0.05) is 44.7 Å². The summed E-state index contributed by atoms with van der Waals surface area (Å²) in [5.74, 6) is 0. The number of rotatable bonds is 3. The van der Waals surface area contributed by atoms with E-state index in [0.717, 1.165) is 44.8 Å². The molecule has 2 N–H and O–H groups in total. The summed E-state index contributed by atoms with van der Waals surface area (Å²) in [6.45, 7) is 5.90. The molecular weight excluding hydrogens is 238 g/mol. The number of fused-ring (bicyclic) bond motifs is 1. The van der Waals surface area contributed by atoms with E-state index in [1.807, 2.05) is 18.3 Å². The quantitative estimate of drug-likeness (QED) is 0.877. The number of anilines is 1. The minimum Gasteiger partial charge on any atom is -0.367 e. The van der Waals surface area contributed by atoms with E-state index in [1.165, 1.54) is 11.1 Å². The van der Waals surface area contributed by atoms with Gasteiger partial charge in [-0.05, 0) is 6.07 Å². The van der Waals surface area contributed by atoms with Crippen molar-refractivity contribution in [2.45, 2.75) is 0 Å². The maximum Gasteiger partial charge on any atom is 0.0950 e. The first-order valence-electron chi connectivity index (χ1n) is 6.76. The fourth-order valence-corrected chi connectivity index (χ4v) is 2.64. The number of hydrogen-bond acceptors (Lipinski definition) is 5. The molecule has 1 fully saturated rings. The van der Waals surface area contributed by atoms with Crippen LogP contribution in [-0.2, 0) is 0 Å². The molecule has 0 unspecified atom stereocenters. The summed E-state index contributed by atoms with van der Waals surface area (Å²) < 4.78 is 0. The van der Waals surface area contributed by atoms with Crippen molar-refractivity contribution >= 4 is 16.6 Å². The lowest BCUT2D eigenvalue weighted by molar-refractivity contribution is 0.265. The van der Waals surface area contributed by atoms with Gasteiger partial charge in [-0.2, -0.15) is 10.2 Å². The fourth-order valence-electron chi connectivity index (χ4n) is 2.64. The van der Waals surface area contributed by atoms with Crippen molar-refractivity contribution in [2.75, 3.05) is 44.2 Å². The van der Waals surface area contributed by atoms with E-state index in [0.29, 0.717) is 0 Å². The Kier molecular flexibility index (Phi) is 3.57. The summed E-state index contributed by atoms with van der Waals surface area (Å²) in [5.41, 5.74) is 7.76. The molecule has 1 aromatic heterocycles. The van der Waals surface area contributed by atoms with Gasteiger partial charge in [0.1, 0.15) is 0 Å². The van der Waals surface area contributed by atoms with Crippen LogP contribution in [0.3, 0.4) is 0 Å². The zero-order chi connectivity index (χ0) is 13.1. The number of nitrogens with two attached hydrogens (primary N) is 1. The SMILES string of the molecule is NCCN1CCN(c2cnnc3ccccc23)CC1. The molecule has 2 heterocycles. The second-order valence-electron chi connectivity index (χ2n) is 4.86. The summed E-state index contributed by atoms with van der Waals surface area (Å²) in [4.78, 5) is 4.80. The lowest BCUT2D eigenvalue weighted by atomic mass is 10.2. The Morgan fingerprint density at radius 1 is 1.11 bits per heavy atom. The summed E-state index contributed by atoms with van der Waals surface area (Å²) in [5, 5.41) is 9.48. The fraction of sp³-hybridized carbons (Fsp3) is 0.429. The summed E-state index contributed by atoms with van der Waals surface area (Å²) in [7, 11) is 0. The van der Waals surface area contributed by atoms with E-state index in [4.69, 9.17) is 5.73 Å². The highest BCUT2D eigenvalue weighted by Crippen LogP contribution is 2.24. The number of nitrogens with zero attached hydrogens (tertiary/aromatic N) is 4. The van der Waals surface area contributed by atoms with Crippen molar-refractivity contribution < 1.29 is 0 Å². The van der Waals surface area contributed by atoms with Crippen LogP contribution < -0.4 is 10.6 Å². The van der Waals surface area contributed by atoms with Gasteiger partial charge in [0.2, 0.25) is 0 Å². The predicted molar refractivity (Wildman–Crippen MR) is 77.2 cm³/mol. The number of aromatic nitrogens is 2. The summed E-state index contributed by atoms with van der Waals surface area (Å²) >= 11 is 0. The molecule has 0 saturated carbocycles. The zero-order valence-electron chi connectivity index (χ0n) is 11.0. The molecular formula is C14H19N5. The molecule has 3 rings (SSSR count). The van der Waals surface area contributed by atoms with Crippen molar-refractivity contribution in [2.24, 2.45) is 5.73 Å². The van der Waals surface area contributed by atoms with Crippen LogP contribution in [0.5, 0.6) is 0 Å². The van der Waals surface area contributed by atoms with Gasteiger partial charge < -0.3 is 10.6 Å². The predicted octanol–water partition coefficient (Wildman–Crippen LogP) is 0.710. The minimum absolute atomic E-state index is 0.736. The monoisotopic (exact) mass is 257 g/mol. The smallest absolute Gasteiger partial charge is 0.0950 e. The van der Waals surface area contributed by atoms with Gasteiger partial charge in [-0.15, -0.1) is 0 Å². The maximum absolute atomic E-state index is 5.61. The highest BCUT2D eigenvalue weighted by molar-refractivity contribution is 5.90. The van der Waals surface area contributed by atoms with Gasteiger partial charge in [-0.1, -0.05) is 18.2 Å².